The SMILES string of the molecule is CC(C)C1(C)N=C(c2ncc(C=O)cc2C(=O)O)NC1=O. The summed E-state index contributed by atoms with van der Waals surface area (Å²) in [5, 5.41) is 11.8. The van der Waals surface area contributed by atoms with E-state index < -0.39 is 11.5 Å². The third-order valence-electron chi connectivity index (χ3n) is 3.66. The van der Waals surface area contributed by atoms with E-state index in [2.05, 4.69) is 15.3 Å². The number of amides is 1. The molecule has 2 heterocycles. The third-order valence-corrected chi connectivity index (χ3v) is 3.66. The number of hydrogen-bond acceptors (Lipinski definition) is 5. The van der Waals surface area contributed by atoms with Crippen LogP contribution in [0.3, 0.4) is 0 Å². The van der Waals surface area contributed by atoms with Crippen LogP contribution in [0.5, 0.6) is 0 Å². The molecular formula is C14H15N3O4. The zero-order chi connectivity index (χ0) is 15.8. The summed E-state index contributed by atoms with van der Waals surface area (Å²) in [7, 11) is 0. The summed E-state index contributed by atoms with van der Waals surface area (Å²) >= 11 is 0. The Morgan fingerprint density at radius 3 is 2.62 bits per heavy atom. The van der Waals surface area contributed by atoms with Crippen molar-refractivity contribution in [1.82, 2.24) is 10.3 Å². The van der Waals surface area contributed by atoms with Crippen LogP contribution in [0.15, 0.2) is 17.3 Å². The monoisotopic (exact) mass is 289 g/mol. The van der Waals surface area contributed by atoms with Crippen molar-refractivity contribution < 1.29 is 19.5 Å². The van der Waals surface area contributed by atoms with Gasteiger partial charge in [0.1, 0.15) is 11.2 Å². The second-order valence-electron chi connectivity index (χ2n) is 5.30. The molecule has 7 heteroatoms. The molecule has 1 aliphatic heterocycles. The number of carboxylic acids is 1. The highest BCUT2D eigenvalue weighted by Crippen LogP contribution is 2.27. The molecule has 0 fully saturated rings. The first-order chi connectivity index (χ1) is 9.79. The van der Waals surface area contributed by atoms with Gasteiger partial charge in [-0.1, -0.05) is 13.8 Å². The van der Waals surface area contributed by atoms with Crippen molar-refractivity contribution in [2.75, 3.05) is 0 Å². The zero-order valence-electron chi connectivity index (χ0n) is 11.9. The first kappa shape index (κ1) is 14.8. The molecule has 0 bridgehead atoms. The lowest BCUT2D eigenvalue weighted by molar-refractivity contribution is -0.124. The first-order valence-electron chi connectivity index (χ1n) is 6.39. The molecule has 2 rings (SSSR count). The summed E-state index contributed by atoms with van der Waals surface area (Å²) in [5.41, 5.74) is -0.944. The number of aldehydes is 1. The lowest BCUT2D eigenvalue weighted by atomic mass is 9.89. The number of carbonyl (C=O) groups is 3. The average Bonchev–Trinajstić information content (AvgIpc) is 2.75. The second kappa shape index (κ2) is 5.08. The lowest BCUT2D eigenvalue weighted by Crippen LogP contribution is -2.41. The molecule has 1 amide bonds. The number of nitrogens with one attached hydrogen (secondary N) is 1. The zero-order valence-corrected chi connectivity index (χ0v) is 11.9. The fourth-order valence-electron chi connectivity index (χ4n) is 1.95. The van der Waals surface area contributed by atoms with Crippen LogP contribution in [0.2, 0.25) is 0 Å². The molecule has 1 aliphatic rings. The predicted octanol–water partition coefficient (Wildman–Crippen LogP) is 0.883. The average molecular weight is 289 g/mol. The molecule has 1 aromatic rings. The molecule has 21 heavy (non-hydrogen) atoms. The minimum absolute atomic E-state index is 0.0471. The number of pyridine rings is 1. The number of amidine groups is 1. The normalized spacial score (nSPS) is 21.1. The van der Waals surface area contributed by atoms with Crippen LogP contribution in [0.1, 0.15) is 47.2 Å². The number of hydrogen-bond donors (Lipinski definition) is 2. The van der Waals surface area contributed by atoms with Crippen molar-refractivity contribution in [3.05, 3.63) is 29.1 Å². The highest BCUT2D eigenvalue weighted by Gasteiger charge is 2.43. The Bertz CT molecular complexity index is 666. The van der Waals surface area contributed by atoms with Gasteiger partial charge in [-0.25, -0.2) is 9.79 Å². The van der Waals surface area contributed by atoms with Crippen LogP contribution < -0.4 is 5.32 Å². The second-order valence-corrected chi connectivity index (χ2v) is 5.30. The van der Waals surface area contributed by atoms with Crippen LogP contribution in [0.4, 0.5) is 0 Å². The number of aromatic nitrogens is 1. The van der Waals surface area contributed by atoms with Crippen molar-refractivity contribution in [2.24, 2.45) is 10.9 Å². The molecule has 1 atom stereocenters. The topological polar surface area (TPSA) is 109 Å². The Morgan fingerprint density at radius 1 is 1.48 bits per heavy atom. The van der Waals surface area contributed by atoms with Gasteiger partial charge in [0.2, 0.25) is 0 Å². The molecular weight excluding hydrogens is 274 g/mol. The molecule has 0 saturated carbocycles. The van der Waals surface area contributed by atoms with E-state index in [1.807, 2.05) is 13.8 Å². The Morgan fingerprint density at radius 2 is 2.14 bits per heavy atom. The van der Waals surface area contributed by atoms with Gasteiger partial charge in [-0.05, 0) is 18.9 Å². The molecule has 0 aliphatic carbocycles. The van der Waals surface area contributed by atoms with Crippen LogP contribution >= 0.6 is 0 Å². The number of carbonyl (C=O) groups excluding carboxylic acids is 2. The Hall–Kier alpha value is -2.57. The molecule has 0 radical (unpaired) electrons. The van der Waals surface area contributed by atoms with Gasteiger partial charge in [0, 0.05) is 11.8 Å². The maximum Gasteiger partial charge on any atom is 0.338 e. The molecule has 0 saturated heterocycles. The van der Waals surface area contributed by atoms with Crippen molar-refractivity contribution in [1.29, 1.82) is 0 Å². The quantitative estimate of drug-likeness (QED) is 0.800. The predicted molar refractivity (Wildman–Crippen MR) is 74.5 cm³/mol. The Balaban J connectivity index is 2.56. The third kappa shape index (κ3) is 2.42. The van der Waals surface area contributed by atoms with Crippen molar-refractivity contribution in [3.8, 4) is 0 Å². The first-order valence-corrected chi connectivity index (χ1v) is 6.39. The van der Waals surface area contributed by atoms with Crippen LogP contribution in [0.25, 0.3) is 0 Å². The number of rotatable bonds is 4. The van der Waals surface area contributed by atoms with Gasteiger partial charge in [-0.3, -0.25) is 14.6 Å². The van der Waals surface area contributed by atoms with Crippen molar-refractivity contribution in [2.45, 2.75) is 26.3 Å². The van der Waals surface area contributed by atoms with Crippen LogP contribution in [-0.4, -0.2) is 39.6 Å². The van der Waals surface area contributed by atoms with Gasteiger partial charge >= 0.3 is 5.97 Å². The van der Waals surface area contributed by atoms with Gasteiger partial charge in [0.15, 0.2) is 12.1 Å². The Kier molecular flexibility index (Phi) is 3.59. The number of nitrogens with zero attached hydrogens (tertiary/aromatic N) is 2. The van der Waals surface area contributed by atoms with Gasteiger partial charge in [-0.15, -0.1) is 0 Å². The summed E-state index contributed by atoms with van der Waals surface area (Å²) in [6, 6.07) is 1.21. The molecule has 2 N–H and O–H groups in total. The van der Waals surface area contributed by atoms with Crippen molar-refractivity contribution in [3.63, 3.8) is 0 Å². The van der Waals surface area contributed by atoms with Gasteiger partial charge in [0.25, 0.3) is 5.91 Å². The van der Waals surface area contributed by atoms with Gasteiger partial charge < -0.3 is 10.4 Å². The van der Waals surface area contributed by atoms with E-state index in [0.717, 1.165) is 0 Å². The lowest BCUT2D eigenvalue weighted by Gasteiger charge is -2.21. The minimum Gasteiger partial charge on any atom is -0.478 e. The fraction of sp³-hybridized carbons (Fsp3) is 0.357. The van der Waals surface area contributed by atoms with E-state index in [0.29, 0.717) is 6.29 Å². The molecule has 110 valence electrons. The van der Waals surface area contributed by atoms with Gasteiger partial charge in [0.05, 0.1) is 5.56 Å². The standard InChI is InChI=1S/C14H15N3O4/c1-7(2)14(3)13(21)16-11(17-14)10-9(12(19)20)4-8(6-18)5-15-10/h4-7H,1-3H3,(H,19,20)(H,16,17,21). The summed E-state index contributed by atoms with van der Waals surface area (Å²) in [4.78, 5) is 42.4. The van der Waals surface area contributed by atoms with Crippen molar-refractivity contribution >= 4 is 24.0 Å². The fourth-order valence-corrected chi connectivity index (χ4v) is 1.95. The highest BCUT2D eigenvalue weighted by molar-refractivity contribution is 6.17. The summed E-state index contributed by atoms with van der Waals surface area (Å²) in [6.07, 6.45) is 1.75. The van der Waals surface area contributed by atoms with E-state index in [1.54, 1.807) is 6.92 Å². The van der Waals surface area contributed by atoms with E-state index in [9.17, 15) is 19.5 Å². The van der Waals surface area contributed by atoms with E-state index in [-0.39, 0.29) is 34.5 Å². The molecule has 1 aromatic heterocycles. The maximum absolute atomic E-state index is 12.1. The number of aliphatic imine (C=N–C) groups is 1. The van der Waals surface area contributed by atoms with E-state index in [1.165, 1.54) is 12.3 Å². The van der Waals surface area contributed by atoms with Gasteiger partial charge in [-0.2, -0.15) is 0 Å². The molecule has 0 spiro atoms. The highest BCUT2D eigenvalue weighted by atomic mass is 16.4. The minimum atomic E-state index is -1.24. The van der Waals surface area contributed by atoms with Crippen LogP contribution in [0, 0.1) is 5.92 Å². The molecule has 0 aromatic carbocycles. The summed E-state index contributed by atoms with van der Waals surface area (Å²) in [5.74, 6) is -1.48. The molecule has 7 nitrogen and oxygen atoms in total. The number of aromatic carboxylic acids is 1. The summed E-state index contributed by atoms with van der Waals surface area (Å²) in [6.45, 7) is 5.39. The van der Waals surface area contributed by atoms with E-state index in [4.69, 9.17) is 0 Å². The van der Waals surface area contributed by atoms with Crippen LogP contribution in [-0.2, 0) is 4.79 Å². The summed E-state index contributed by atoms with van der Waals surface area (Å²) < 4.78 is 0. The maximum atomic E-state index is 12.1. The van der Waals surface area contributed by atoms with E-state index >= 15 is 0 Å². The molecule has 1 unspecified atom stereocenters. The smallest absolute Gasteiger partial charge is 0.338 e. The number of carboxylic acid groups (broad SMARTS) is 1. The Labute approximate surface area is 121 Å². The largest absolute Gasteiger partial charge is 0.478 e.